The van der Waals surface area contributed by atoms with Gasteiger partial charge in [-0.2, -0.15) is 0 Å². The molecule has 0 spiro atoms. The third-order valence-electron chi connectivity index (χ3n) is 4.69. The van der Waals surface area contributed by atoms with E-state index in [9.17, 15) is 4.79 Å². The lowest BCUT2D eigenvalue weighted by Crippen LogP contribution is -2.60. The van der Waals surface area contributed by atoms with Gasteiger partial charge in [-0.1, -0.05) is 35.9 Å². The Morgan fingerprint density at radius 3 is 2.58 bits per heavy atom. The number of amides is 1. The monoisotopic (exact) mass is 320 g/mol. The van der Waals surface area contributed by atoms with E-state index in [0.29, 0.717) is 0 Å². The van der Waals surface area contributed by atoms with Crippen molar-refractivity contribution in [2.45, 2.75) is 38.6 Å². The van der Waals surface area contributed by atoms with Gasteiger partial charge in [-0.05, 0) is 50.5 Å². The lowest BCUT2D eigenvalue weighted by atomic mass is 9.80. The Kier molecular flexibility index (Phi) is 4.43. The van der Waals surface area contributed by atoms with Crippen molar-refractivity contribution in [3.63, 3.8) is 0 Å². The van der Waals surface area contributed by atoms with Crippen LogP contribution in [0.15, 0.2) is 73.1 Å². The summed E-state index contributed by atoms with van der Waals surface area (Å²) in [5, 5.41) is 1.86. The van der Waals surface area contributed by atoms with Crippen molar-refractivity contribution in [1.82, 2.24) is 4.68 Å². The minimum atomic E-state index is -0.420. The normalized spacial score (nSPS) is 19.8. The standard InChI is InChI=1S/C21H24N2O/c1-4-21(13-9-10-17(2)3)16-18-11-5-6-12-19(18)20(24)23(21)22-14-7-8-15-22/h4-8,10-12,14-15H,1,9,13,16H2,2-3H3. The fourth-order valence-electron chi connectivity index (χ4n) is 3.46. The van der Waals surface area contributed by atoms with E-state index in [1.54, 1.807) is 0 Å². The number of nitrogens with zero attached hydrogens (tertiary/aromatic N) is 2. The van der Waals surface area contributed by atoms with E-state index < -0.39 is 5.54 Å². The van der Waals surface area contributed by atoms with Gasteiger partial charge in [-0.15, -0.1) is 6.58 Å². The third-order valence-corrected chi connectivity index (χ3v) is 4.69. The molecule has 0 N–H and O–H groups in total. The van der Waals surface area contributed by atoms with Gasteiger partial charge in [-0.3, -0.25) is 9.47 Å². The maximum atomic E-state index is 13.2. The maximum absolute atomic E-state index is 13.2. The highest BCUT2D eigenvalue weighted by atomic mass is 16.2. The summed E-state index contributed by atoms with van der Waals surface area (Å²) >= 11 is 0. The number of rotatable bonds is 5. The molecule has 0 bridgehead atoms. The summed E-state index contributed by atoms with van der Waals surface area (Å²) in [5.74, 6) is 0.0325. The number of hydrogen-bond acceptors (Lipinski definition) is 1. The SMILES string of the molecule is C=CC1(CCC=C(C)C)Cc2ccccc2C(=O)N1n1cccc1. The molecule has 3 nitrogen and oxygen atoms in total. The maximum Gasteiger partial charge on any atom is 0.273 e. The van der Waals surface area contributed by atoms with Crippen LogP contribution in [0.1, 0.15) is 42.6 Å². The van der Waals surface area contributed by atoms with E-state index in [1.807, 2.05) is 58.5 Å². The molecule has 0 radical (unpaired) electrons. The van der Waals surface area contributed by atoms with Crippen molar-refractivity contribution in [2.24, 2.45) is 0 Å². The van der Waals surface area contributed by atoms with Crippen molar-refractivity contribution in [1.29, 1.82) is 0 Å². The van der Waals surface area contributed by atoms with E-state index in [-0.39, 0.29) is 5.91 Å². The molecule has 3 heteroatoms. The largest absolute Gasteiger partial charge is 0.273 e. The number of benzene rings is 1. The molecule has 1 aromatic carbocycles. The molecule has 1 amide bonds. The topological polar surface area (TPSA) is 25.2 Å². The fraction of sp³-hybridized carbons (Fsp3) is 0.286. The Balaban J connectivity index is 2.08. The van der Waals surface area contributed by atoms with Gasteiger partial charge in [0.05, 0.1) is 5.54 Å². The predicted molar refractivity (Wildman–Crippen MR) is 98.7 cm³/mol. The minimum absolute atomic E-state index is 0.0325. The summed E-state index contributed by atoms with van der Waals surface area (Å²) in [6.07, 6.45) is 10.6. The van der Waals surface area contributed by atoms with Crippen LogP contribution in [0.2, 0.25) is 0 Å². The van der Waals surface area contributed by atoms with Crippen molar-refractivity contribution in [3.05, 3.63) is 84.2 Å². The van der Waals surface area contributed by atoms with Crippen LogP contribution in [0.4, 0.5) is 0 Å². The smallest absolute Gasteiger partial charge is 0.267 e. The Bertz CT molecular complexity index is 769. The van der Waals surface area contributed by atoms with Crippen molar-refractivity contribution in [2.75, 3.05) is 5.01 Å². The molecule has 3 rings (SSSR count). The Hall–Kier alpha value is -2.55. The van der Waals surface area contributed by atoms with Crippen LogP contribution in [0.5, 0.6) is 0 Å². The zero-order valence-corrected chi connectivity index (χ0v) is 14.4. The summed E-state index contributed by atoms with van der Waals surface area (Å²) < 4.78 is 1.89. The van der Waals surface area contributed by atoms with Gasteiger partial charge < -0.3 is 0 Å². The molecule has 0 fully saturated rings. The van der Waals surface area contributed by atoms with E-state index in [0.717, 1.165) is 30.4 Å². The summed E-state index contributed by atoms with van der Waals surface area (Å²) in [5.41, 5.74) is 2.76. The fourth-order valence-corrected chi connectivity index (χ4v) is 3.46. The van der Waals surface area contributed by atoms with Gasteiger partial charge in [0.25, 0.3) is 5.91 Å². The van der Waals surface area contributed by atoms with Gasteiger partial charge >= 0.3 is 0 Å². The first-order chi connectivity index (χ1) is 11.6. The molecular formula is C21H24N2O. The summed E-state index contributed by atoms with van der Waals surface area (Å²) in [7, 11) is 0. The highest BCUT2D eigenvalue weighted by Gasteiger charge is 2.43. The number of hydrogen-bond donors (Lipinski definition) is 0. The second-order valence-corrected chi connectivity index (χ2v) is 6.64. The van der Waals surface area contributed by atoms with Crippen LogP contribution in [0, 0.1) is 0 Å². The molecule has 124 valence electrons. The molecule has 1 unspecified atom stereocenters. The molecule has 1 aliphatic rings. The highest BCUT2D eigenvalue weighted by Crippen LogP contribution is 2.34. The molecule has 1 atom stereocenters. The van der Waals surface area contributed by atoms with E-state index in [1.165, 1.54) is 5.57 Å². The first kappa shape index (κ1) is 16.3. The van der Waals surface area contributed by atoms with Crippen LogP contribution in [-0.4, -0.2) is 16.1 Å². The summed E-state index contributed by atoms with van der Waals surface area (Å²) in [6, 6.07) is 11.8. The Morgan fingerprint density at radius 1 is 1.21 bits per heavy atom. The van der Waals surface area contributed by atoms with Crippen LogP contribution in [0.25, 0.3) is 0 Å². The molecule has 2 heterocycles. The second-order valence-electron chi connectivity index (χ2n) is 6.64. The second kappa shape index (κ2) is 6.52. The average molecular weight is 320 g/mol. The summed E-state index contributed by atoms with van der Waals surface area (Å²) in [6.45, 7) is 8.30. The van der Waals surface area contributed by atoms with Crippen molar-refractivity contribution >= 4 is 5.91 Å². The zero-order valence-electron chi connectivity index (χ0n) is 14.4. The minimum Gasteiger partial charge on any atom is -0.267 e. The van der Waals surface area contributed by atoms with Crippen molar-refractivity contribution < 1.29 is 4.79 Å². The average Bonchev–Trinajstić information content (AvgIpc) is 3.08. The Morgan fingerprint density at radius 2 is 1.92 bits per heavy atom. The molecule has 1 aliphatic heterocycles. The van der Waals surface area contributed by atoms with Crippen LogP contribution in [0.3, 0.4) is 0 Å². The van der Waals surface area contributed by atoms with Gasteiger partial charge in [0.15, 0.2) is 0 Å². The van der Waals surface area contributed by atoms with Gasteiger partial charge in [0, 0.05) is 24.4 Å². The number of carbonyl (C=O) groups is 1. The molecule has 0 saturated heterocycles. The van der Waals surface area contributed by atoms with Crippen LogP contribution >= 0.6 is 0 Å². The van der Waals surface area contributed by atoms with Gasteiger partial charge in [0.1, 0.15) is 0 Å². The number of aromatic nitrogens is 1. The molecule has 0 saturated carbocycles. The van der Waals surface area contributed by atoms with E-state index in [4.69, 9.17) is 0 Å². The van der Waals surface area contributed by atoms with Gasteiger partial charge in [0.2, 0.25) is 0 Å². The number of allylic oxidation sites excluding steroid dienone is 2. The lowest BCUT2D eigenvalue weighted by molar-refractivity contribution is 0.0906. The quantitative estimate of drug-likeness (QED) is 0.745. The van der Waals surface area contributed by atoms with Crippen molar-refractivity contribution in [3.8, 4) is 0 Å². The third kappa shape index (κ3) is 2.82. The summed E-state index contributed by atoms with van der Waals surface area (Å²) in [4.78, 5) is 13.2. The zero-order chi connectivity index (χ0) is 17.2. The highest BCUT2D eigenvalue weighted by molar-refractivity contribution is 6.05. The number of fused-ring (bicyclic) bond motifs is 1. The molecule has 0 aliphatic carbocycles. The van der Waals surface area contributed by atoms with E-state index in [2.05, 4.69) is 32.6 Å². The first-order valence-electron chi connectivity index (χ1n) is 8.40. The number of carbonyl (C=O) groups excluding carboxylic acids is 1. The first-order valence-corrected chi connectivity index (χ1v) is 8.40. The molecule has 24 heavy (non-hydrogen) atoms. The lowest BCUT2D eigenvalue weighted by Gasteiger charge is -2.46. The molecular weight excluding hydrogens is 296 g/mol. The predicted octanol–water partition coefficient (Wildman–Crippen LogP) is 4.49. The van der Waals surface area contributed by atoms with Gasteiger partial charge in [-0.25, -0.2) is 5.01 Å². The molecule has 2 aromatic rings. The molecule has 1 aromatic heterocycles. The van der Waals surface area contributed by atoms with Crippen LogP contribution in [-0.2, 0) is 6.42 Å². The van der Waals surface area contributed by atoms with E-state index >= 15 is 0 Å². The Labute approximate surface area is 143 Å². The van der Waals surface area contributed by atoms with Crippen LogP contribution < -0.4 is 5.01 Å².